The molecule has 0 aliphatic carbocycles. The molecule has 1 aliphatic rings. The van der Waals surface area contributed by atoms with Gasteiger partial charge in [-0.25, -0.2) is 8.78 Å². The number of piperazine rings is 1. The Bertz CT molecular complexity index is 534. The zero-order valence-electron chi connectivity index (χ0n) is 13.3. The zero-order chi connectivity index (χ0) is 16.8. The second-order valence-electron chi connectivity index (χ2n) is 5.72. The van der Waals surface area contributed by atoms with Gasteiger partial charge in [0.05, 0.1) is 12.6 Å². The van der Waals surface area contributed by atoms with Crippen LogP contribution in [0.5, 0.6) is 0 Å². The first-order valence-corrected chi connectivity index (χ1v) is 7.84. The highest BCUT2D eigenvalue weighted by molar-refractivity contribution is 5.77. The molecule has 1 aromatic rings. The maximum Gasteiger partial charge on any atom is 0.234 e. The molecule has 2 rings (SSSR count). The van der Waals surface area contributed by atoms with Gasteiger partial charge >= 0.3 is 0 Å². The Hall–Kier alpha value is -1.57. The van der Waals surface area contributed by atoms with Crippen LogP contribution in [0.15, 0.2) is 18.2 Å². The lowest BCUT2D eigenvalue weighted by atomic mass is 10.1. The summed E-state index contributed by atoms with van der Waals surface area (Å²) in [5, 5.41) is 12.9. The largest absolute Gasteiger partial charge is 0.387 e. The molecule has 23 heavy (non-hydrogen) atoms. The Morgan fingerprint density at radius 2 is 1.87 bits per heavy atom. The topological polar surface area (TPSA) is 55.8 Å². The van der Waals surface area contributed by atoms with Crippen molar-refractivity contribution in [2.24, 2.45) is 0 Å². The van der Waals surface area contributed by atoms with Crippen LogP contribution in [0.25, 0.3) is 0 Å². The van der Waals surface area contributed by atoms with E-state index in [1.165, 1.54) is 6.07 Å². The van der Waals surface area contributed by atoms with E-state index in [0.717, 1.165) is 38.3 Å². The van der Waals surface area contributed by atoms with Gasteiger partial charge in [0.15, 0.2) is 11.6 Å². The van der Waals surface area contributed by atoms with E-state index in [1.54, 1.807) is 0 Å². The normalized spacial score (nSPS) is 17.9. The summed E-state index contributed by atoms with van der Waals surface area (Å²) >= 11 is 0. The van der Waals surface area contributed by atoms with E-state index in [4.69, 9.17) is 0 Å². The van der Waals surface area contributed by atoms with Gasteiger partial charge in [-0.05, 0) is 24.6 Å². The van der Waals surface area contributed by atoms with E-state index >= 15 is 0 Å². The first-order chi connectivity index (χ1) is 11.0. The molecule has 1 atom stereocenters. The number of carbonyl (C=O) groups excluding carboxylic acids is 1. The number of hydrogen-bond donors (Lipinski definition) is 2. The lowest BCUT2D eigenvalue weighted by Gasteiger charge is -2.35. The summed E-state index contributed by atoms with van der Waals surface area (Å²) < 4.78 is 26.1. The molecule has 1 aliphatic heterocycles. The number of rotatable bonds is 6. The van der Waals surface area contributed by atoms with Crippen molar-refractivity contribution in [2.75, 3.05) is 45.8 Å². The van der Waals surface area contributed by atoms with Crippen molar-refractivity contribution in [1.29, 1.82) is 0 Å². The third-order valence-corrected chi connectivity index (χ3v) is 3.97. The molecule has 0 bridgehead atoms. The lowest BCUT2D eigenvalue weighted by Crippen LogP contribution is -2.50. The highest BCUT2D eigenvalue weighted by Gasteiger charge is 2.21. The van der Waals surface area contributed by atoms with Crippen LogP contribution in [-0.4, -0.2) is 66.6 Å². The molecule has 0 aromatic heterocycles. The molecule has 1 fully saturated rings. The van der Waals surface area contributed by atoms with E-state index in [1.807, 2.05) is 6.92 Å². The van der Waals surface area contributed by atoms with Crippen LogP contribution >= 0.6 is 0 Å². The van der Waals surface area contributed by atoms with E-state index in [2.05, 4.69) is 15.1 Å². The molecular weight excluding hydrogens is 304 g/mol. The number of benzene rings is 1. The maximum atomic E-state index is 13.2. The monoisotopic (exact) mass is 327 g/mol. The number of β-amino-alcohol motifs (C(OH)–C–C–N with tert-alkyl or cyclic N) is 1. The van der Waals surface area contributed by atoms with Crippen LogP contribution in [0.1, 0.15) is 18.6 Å². The standard InChI is InChI=1S/C16H23F2N3O2/c1-2-19-16(23)11-21-7-5-20(6-8-21)10-15(22)12-3-4-13(17)14(18)9-12/h3-4,9,15,22H,2,5-8,10-11H2,1H3,(H,19,23). The van der Waals surface area contributed by atoms with Crippen molar-refractivity contribution in [3.8, 4) is 0 Å². The number of hydrogen-bond acceptors (Lipinski definition) is 4. The maximum absolute atomic E-state index is 13.2. The van der Waals surface area contributed by atoms with E-state index in [0.29, 0.717) is 25.2 Å². The van der Waals surface area contributed by atoms with Gasteiger partial charge in [-0.15, -0.1) is 0 Å². The van der Waals surface area contributed by atoms with E-state index in [9.17, 15) is 18.7 Å². The van der Waals surface area contributed by atoms with Gasteiger partial charge < -0.3 is 10.4 Å². The molecule has 5 nitrogen and oxygen atoms in total. The van der Waals surface area contributed by atoms with Gasteiger partial charge in [0.1, 0.15) is 0 Å². The first-order valence-electron chi connectivity index (χ1n) is 7.84. The van der Waals surface area contributed by atoms with Crippen LogP contribution in [0, 0.1) is 11.6 Å². The molecule has 7 heteroatoms. The van der Waals surface area contributed by atoms with Crippen molar-refractivity contribution in [3.63, 3.8) is 0 Å². The molecular formula is C16H23F2N3O2. The minimum absolute atomic E-state index is 0.0165. The fraction of sp³-hybridized carbons (Fsp3) is 0.562. The zero-order valence-corrected chi connectivity index (χ0v) is 13.3. The summed E-state index contributed by atoms with van der Waals surface area (Å²) in [6.07, 6.45) is -0.861. The Morgan fingerprint density at radius 3 is 2.48 bits per heavy atom. The first kappa shape index (κ1) is 17.8. The Balaban J connectivity index is 1.79. The van der Waals surface area contributed by atoms with Gasteiger partial charge in [-0.3, -0.25) is 14.6 Å². The quantitative estimate of drug-likeness (QED) is 0.810. The summed E-state index contributed by atoms with van der Waals surface area (Å²) in [5.41, 5.74) is 0.369. The summed E-state index contributed by atoms with van der Waals surface area (Å²) in [5.74, 6) is -1.85. The van der Waals surface area contributed by atoms with Gasteiger partial charge in [-0.2, -0.15) is 0 Å². The predicted molar refractivity (Wildman–Crippen MR) is 82.9 cm³/mol. The van der Waals surface area contributed by atoms with Crippen LogP contribution < -0.4 is 5.32 Å². The molecule has 1 saturated heterocycles. The van der Waals surface area contributed by atoms with Crippen LogP contribution in [0.4, 0.5) is 8.78 Å². The van der Waals surface area contributed by atoms with Crippen LogP contribution in [0.2, 0.25) is 0 Å². The molecule has 0 saturated carbocycles. The third-order valence-electron chi connectivity index (χ3n) is 3.97. The van der Waals surface area contributed by atoms with Crippen molar-refractivity contribution in [1.82, 2.24) is 15.1 Å². The number of nitrogens with one attached hydrogen (secondary N) is 1. The summed E-state index contributed by atoms with van der Waals surface area (Å²) in [7, 11) is 0. The molecule has 1 amide bonds. The average Bonchev–Trinajstić information content (AvgIpc) is 2.52. The Morgan fingerprint density at radius 1 is 1.22 bits per heavy atom. The van der Waals surface area contributed by atoms with Crippen molar-refractivity contribution >= 4 is 5.91 Å². The second-order valence-corrected chi connectivity index (χ2v) is 5.72. The second kappa shape index (κ2) is 8.33. The fourth-order valence-electron chi connectivity index (χ4n) is 2.66. The number of nitrogens with zero attached hydrogens (tertiary/aromatic N) is 2. The summed E-state index contributed by atoms with van der Waals surface area (Å²) in [6, 6.07) is 3.46. The molecule has 0 radical (unpaired) electrons. The highest BCUT2D eigenvalue weighted by Crippen LogP contribution is 2.18. The summed E-state index contributed by atoms with van der Waals surface area (Å²) in [6.45, 7) is 6.17. The number of likely N-dealkylation sites (N-methyl/N-ethyl adjacent to an activating group) is 1. The number of halogens is 2. The lowest BCUT2D eigenvalue weighted by molar-refractivity contribution is -0.122. The van der Waals surface area contributed by atoms with Crippen molar-refractivity contribution < 1.29 is 18.7 Å². The Labute approximate surface area is 134 Å². The van der Waals surface area contributed by atoms with Gasteiger partial charge in [0.25, 0.3) is 0 Å². The summed E-state index contributed by atoms with van der Waals surface area (Å²) in [4.78, 5) is 15.7. The molecule has 1 aromatic carbocycles. The predicted octanol–water partition coefficient (Wildman–Crippen LogP) is 0.752. The molecule has 1 unspecified atom stereocenters. The smallest absolute Gasteiger partial charge is 0.234 e. The SMILES string of the molecule is CCNC(=O)CN1CCN(CC(O)c2ccc(F)c(F)c2)CC1. The third kappa shape index (κ3) is 5.23. The molecule has 2 N–H and O–H groups in total. The van der Waals surface area contributed by atoms with Gasteiger partial charge in [-0.1, -0.05) is 6.07 Å². The number of amides is 1. The van der Waals surface area contributed by atoms with E-state index < -0.39 is 17.7 Å². The fourth-order valence-corrected chi connectivity index (χ4v) is 2.66. The minimum Gasteiger partial charge on any atom is -0.387 e. The van der Waals surface area contributed by atoms with Crippen LogP contribution in [-0.2, 0) is 4.79 Å². The van der Waals surface area contributed by atoms with E-state index in [-0.39, 0.29) is 5.91 Å². The minimum atomic E-state index is -0.951. The van der Waals surface area contributed by atoms with Crippen molar-refractivity contribution in [3.05, 3.63) is 35.4 Å². The molecule has 128 valence electrons. The average molecular weight is 327 g/mol. The molecule has 1 heterocycles. The van der Waals surface area contributed by atoms with Gasteiger partial charge in [0.2, 0.25) is 5.91 Å². The number of aliphatic hydroxyl groups excluding tert-OH is 1. The van der Waals surface area contributed by atoms with Crippen molar-refractivity contribution in [2.45, 2.75) is 13.0 Å². The number of aliphatic hydroxyl groups is 1. The highest BCUT2D eigenvalue weighted by atomic mass is 19.2. The van der Waals surface area contributed by atoms with Gasteiger partial charge in [0, 0.05) is 39.3 Å². The number of carbonyl (C=O) groups is 1. The molecule has 0 spiro atoms. The van der Waals surface area contributed by atoms with Crippen LogP contribution in [0.3, 0.4) is 0 Å². The Kier molecular flexibility index (Phi) is 6.44.